The van der Waals surface area contributed by atoms with Crippen LogP contribution in [-0.2, 0) is 20.9 Å². The minimum Gasteiger partial charge on any atom is -0.445 e. The van der Waals surface area contributed by atoms with Crippen LogP contribution >= 0.6 is 0 Å². The van der Waals surface area contributed by atoms with E-state index in [-0.39, 0.29) is 12.5 Å². The summed E-state index contributed by atoms with van der Waals surface area (Å²) in [4.78, 5) is 39.7. The van der Waals surface area contributed by atoms with Crippen molar-refractivity contribution >= 4 is 34.7 Å². The van der Waals surface area contributed by atoms with E-state index in [0.29, 0.717) is 36.0 Å². The zero-order valence-corrected chi connectivity index (χ0v) is 19.5. The van der Waals surface area contributed by atoms with Crippen LogP contribution in [0.15, 0.2) is 54.7 Å². The summed E-state index contributed by atoms with van der Waals surface area (Å²) in [5.74, 6) is -0.313. The molecule has 0 radical (unpaired) electrons. The first-order chi connectivity index (χ1) is 16.2. The number of nitrogens with one attached hydrogen (secondary N) is 1. The summed E-state index contributed by atoms with van der Waals surface area (Å²) in [7, 11) is 0. The Kier molecular flexibility index (Phi) is 6.54. The van der Waals surface area contributed by atoms with Crippen LogP contribution < -0.4 is 5.32 Å². The second-order valence-corrected chi connectivity index (χ2v) is 9.16. The number of carbonyl (C=O) groups excluding carboxylic acids is 3. The molecule has 34 heavy (non-hydrogen) atoms. The first kappa shape index (κ1) is 23.3. The van der Waals surface area contributed by atoms with Gasteiger partial charge >= 0.3 is 12.2 Å². The number of carbonyl (C=O) groups is 3. The molecule has 0 aliphatic carbocycles. The molecule has 3 aromatic rings. The third-order valence-electron chi connectivity index (χ3n) is 5.43. The van der Waals surface area contributed by atoms with E-state index in [1.807, 2.05) is 30.3 Å². The summed E-state index contributed by atoms with van der Waals surface area (Å²) in [6.07, 6.45) is 1.64. The normalized spacial score (nSPS) is 15.9. The summed E-state index contributed by atoms with van der Waals surface area (Å²) >= 11 is 0. The predicted molar refractivity (Wildman–Crippen MR) is 126 cm³/mol. The van der Waals surface area contributed by atoms with Gasteiger partial charge in [-0.3, -0.25) is 9.69 Å². The molecule has 9 heteroatoms. The van der Waals surface area contributed by atoms with Crippen LogP contribution in [0.2, 0.25) is 0 Å². The van der Waals surface area contributed by atoms with Crippen molar-refractivity contribution in [3.05, 3.63) is 60.3 Å². The number of benzene rings is 2. The highest BCUT2D eigenvalue weighted by atomic mass is 16.6. The van der Waals surface area contributed by atoms with Gasteiger partial charge in [0.15, 0.2) is 0 Å². The quantitative estimate of drug-likeness (QED) is 0.607. The van der Waals surface area contributed by atoms with Gasteiger partial charge in [0.05, 0.1) is 17.4 Å². The fourth-order valence-electron chi connectivity index (χ4n) is 3.89. The lowest BCUT2D eigenvalue weighted by atomic mass is 10.1. The summed E-state index contributed by atoms with van der Waals surface area (Å²) < 4.78 is 12.0. The van der Waals surface area contributed by atoms with Crippen LogP contribution in [0.4, 0.5) is 15.3 Å². The van der Waals surface area contributed by atoms with Crippen molar-refractivity contribution in [2.45, 2.75) is 51.9 Å². The van der Waals surface area contributed by atoms with Crippen molar-refractivity contribution in [2.75, 3.05) is 11.9 Å². The van der Waals surface area contributed by atoms with E-state index in [1.165, 1.54) is 15.8 Å². The van der Waals surface area contributed by atoms with E-state index in [4.69, 9.17) is 9.47 Å². The number of nitrogens with zero attached hydrogens (tertiary/aromatic N) is 3. The van der Waals surface area contributed by atoms with Crippen LogP contribution in [0.3, 0.4) is 0 Å². The Bertz CT molecular complexity index is 1200. The molecule has 1 aliphatic heterocycles. The molecule has 2 aromatic carbocycles. The van der Waals surface area contributed by atoms with Crippen LogP contribution in [-0.4, -0.2) is 51.0 Å². The highest BCUT2D eigenvalue weighted by Gasteiger charge is 2.35. The molecular formula is C25H28N4O5. The lowest BCUT2D eigenvalue weighted by Gasteiger charge is -2.23. The maximum Gasteiger partial charge on any atom is 0.435 e. The van der Waals surface area contributed by atoms with Gasteiger partial charge in [-0.25, -0.2) is 9.59 Å². The number of hydrogen-bond donors (Lipinski definition) is 1. The second-order valence-electron chi connectivity index (χ2n) is 9.16. The molecule has 9 nitrogen and oxygen atoms in total. The molecule has 0 bridgehead atoms. The topological polar surface area (TPSA) is 103 Å². The Labute approximate surface area is 197 Å². The molecule has 1 atom stereocenters. The summed E-state index contributed by atoms with van der Waals surface area (Å²) in [5.41, 5.74) is 1.23. The van der Waals surface area contributed by atoms with Crippen molar-refractivity contribution < 1.29 is 23.9 Å². The molecule has 1 fully saturated rings. The standard InChI is InChI=1S/C25H28N4O5/c1-25(2,3)34-24(32)29-20-12-7-11-19(18(20)15-26-29)27-22(30)21-13-8-14-28(21)23(31)33-16-17-9-5-4-6-10-17/h4-7,9-12,15,21H,8,13-14,16H2,1-3H3,(H,27,30)/t21-/m1/s1. The van der Waals surface area contributed by atoms with Crippen molar-refractivity contribution in [3.63, 3.8) is 0 Å². The molecule has 1 N–H and O–H groups in total. The lowest BCUT2D eigenvalue weighted by molar-refractivity contribution is -0.120. The molecule has 4 rings (SSSR count). The number of amides is 2. The largest absolute Gasteiger partial charge is 0.445 e. The first-order valence-electron chi connectivity index (χ1n) is 11.2. The Morgan fingerprint density at radius 3 is 2.56 bits per heavy atom. The number of aromatic nitrogens is 2. The molecule has 178 valence electrons. The molecule has 2 heterocycles. The van der Waals surface area contributed by atoms with E-state index in [0.717, 1.165) is 5.56 Å². The molecule has 1 saturated heterocycles. The van der Waals surface area contributed by atoms with Gasteiger partial charge < -0.3 is 14.8 Å². The van der Waals surface area contributed by atoms with Crippen molar-refractivity contribution in [1.29, 1.82) is 0 Å². The number of rotatable bonds is 4. The average Bonchev–Trinajstić information content (AvgIpc) is 3.45. The zero-order chi connectivity index (χ0) is 24.3. The molecular weight excluding hydrogens is 436 g/mol. The van der Waals surface area contributed by atoms with Crippen LogP contribution in [0, 0.1) is 0 Å². The molecule has 0 spiro atoms. The lowest BCUT2D eigenvalue weighted by Crippen LogP contribution is -2.43. The minimum absolute atomic E-state index is 0.146. The van der Waals surface area contributed by atoms with Gasteiger partial charge in [-0.1, -0.05) is 36.4 Å². The second kappa shape index (κ2) is 9.54. The number of fused-ring (bicyclic) bond motifs is 1. The molecule has 0 unspecified atom stereocenters. The molecule has 1 aliphatic rings. The van der Waals surface area contributed by atoms with Gasteiger partial charge in [0, 0.05) is 11.9 Å². The van der Waals surface area contributed by atoms with E-state index in [1.54, 1.807) is 39.0 Å². The molecule has 1 aromatic heterocycles. The number of hydrogen-bond acceptors (Lipinski definition) is 6. The predicted octanol–water partition coefficient (Wildman–Crippen LogP) is 4.56. The van der Waals surface area contributed by atoms with E-state index in [2.05, 4.69) is 10.4 Å². The molecule has 2 amide bonds. The van der Waals surface area contributed by atoms with Gasteiger partial charge in [0.25, 0.3) is 0 Å². The number of ether oxygens (including phenoxy) is 2. The molecule has 0 saturated carbocycles. The van der Waals surface area contributed by atoms with Crippen molar-refractivity contribution in [2.24, 2.45) is 0 Å². The van der Waals surface area contributed by atoms with Gasteiger partial charge in [0.2, 0.25) is 5.91 Å². The maximum atomic E-state index is 13.1. The van der Waals surface area contributed by atoms with E-state index in [9.17, 15) is 14.4 Å². The maximum absolute atomic E-state index is 13.1. The first-order valence-corrected chi connectivity index (χ1v) is 11.2. The van der Waals surface area contributed by atoms with Crippen molar-refractivity contribution in [1.82, 2.24) is 14.7 Å². The Balaban J connectivity index is 1.46. The van der Waals surface area contributed by atoms with Gasteiger partial charge in [-0.2, -0.15) is 9.78 Å². The Morgan fingerprint density at radius 2 is 1.82 bits per heavy atom. The SMILES string of the molecule is CC(C)(C)OC(=O)n1ncc2c(NC(=O)[C@H]3CCCN3C(=O)OCc3ccccc3)cccc21. The van der Waals surface area contributed by atoms with Gasteiger partial charge in [0.1, 0.15) is 18.2 Å². The number of anilines is 1. The average molecular weight is 465 g/mol. The summed E-state index contributed by atoms with van der Waals surface area (Å²) in [6, 6.07) is 13.9. The zero-order valence-electron chi connectivity index (χ0n) is 19.5. The highest BCUT2D eigenvalue weighted by Crippen LogP contribution is 2.26. The van der Waals surface area contributed by atoms with Crippen LogP contribution in [0.25, 0.3) is 10.9 Å². The van der Waals surface area contributed by atoms with Crippen LogP contribution in [0.1, 0.15) is 39.2 Å². The Morgan fingerprint density at radius 1 is 1.06 bits per heavy atom. The summed E-state index contributed by atoms with van der Waals surface area (Å²) in [5, 5.41) is 7.63. The van der Waals surface area contributed by atoms with Gasteiger partial charge in [-0.05, 0) is 51.3 Å². The third-order valence-corrected chi connectivity index (χ3v) is 5.43. The van der Waals surface area contributed by atoms with Crippen molar-refractivity contribution in [3.8, 4) is 0 Å². The van der Waals surface area contributed by atoms with E-state index < -0.39 is 23.8 Å². The smallest absolute Gasteiger partial charge is 0.435 e. The fourth-order valence-corrected chi connectivity index (χ4v) is 3.89. The fraction of sp³-hybridized carbons (Fsp3) is 0.360. The number of likely N-dealkylation sites (tertiary alicyclic amines) is 1. The minimum atomic E-state index is -0.664. The van der Waals surface area contributed by atoms with E-state index >= 15 is 0 Å². The van der Waals surface area contributed by atoms with Crippen LogP contribution in [0.5, 0.6) is 0 Å². The van der Waals surface area contributed by atoms with Gasteiger partial charge in [-0.15, -0.1) is 0 Å². The Hall–Kier alpha value is -3.88. The highest BCUT2D eigenvalue weighted by molar-refractivity contribution is 6.05. The third kappa shape index (κ3) is 5.19. The monoisotopic (exact) mass is 464 g/mol. The summed E-state index contributed by atoms with van der Waals surface area (Å²) in [6.45, 7) is 5.93.